The van der Waals surface area contributed by atoms with Crippen molar-refractivity contribution in [2.75, 3.05) is 5.06 Å². The second-order valence-corrected chi connectivity index (χ2v) is 11.7. The number of H-pyrrole nitrogens is 1. The molecule has 1 atom stereocenters. The Balaban J connectivity index is 1.81. The lowest BCUT2D eigenvalue weighted by Gasteiger charge is -2.32. The number of hydroxylamine groups is 1. The number of hydrogen-bond acceptors (Lipinski definition) is 5. The number of carbonyl (C=O) groups excluding carboxylic acids is 1. The molecule has 216 valence electrons. The minimum atomic E-state index is -0.832. The smallest absolute Gasteiger partial charge is 0.300 e. The van der Waals surface area contributed by atoms with E-state index in [-0.39, 0.29) is 22.3 Å². The number of benzene rings is 3. The molecule has 7 nitrogen and oxygen atoms in total. The molecule has 0 bridgehead atoms. The molecular weight excluding hydrogens is 514 g/mol. The third-order valence-electron chi connectivity index (χ3n) is 8.19. The first kappa shape index (κ1) is 29.8. The van der Waals surface area contributed by atoms with Crippen molar-refractivity contribution in [2.45, 2.75) is 84.7 Å². The van der Waals surface area contributed by atoms with Gasteiger partial charge < -0.3 is 9.57 Å². The van der Waals surface area contributed by atoms with E-state index in [9.17, 15) is 9.59 Å². The fraction of sp³-hybridized carbons (Fsp3) is 0.382. The molecule has 0 aliphatic rings. The van der Waals surface area contributed by atoms with E-state index < -0.39 is 6.10 Å². The topological polar surface area (TPSA) is 84.5 Å². The number of fused-ring (bicyclic) bond motifs is 1. The first-order valence-electron chi connectivity index (χ1n) is 14.4. The van der Waals surface area contributed by atoms with Gasteiger partial charge in [0.15, 0.2) is 11.9 Å². The van der Waals surface area contributed by atoms with Crippen LogP contribution in [0, 0.1) is 0 Å². The highest BCUT2D eigenvalue weighted by molar-refractivity contribution is 5.97. The summed E-state index contributed by atoms with van der Waals surface area (Å²) in [6.45, 7) is 14.8. The molecule has 4 rings (SSSR count). The Hall–Kier alpha value is -4.13. The van der Waals surface area contributed by atoms with Crippen molar-refractivity contribution in [2.24, 2.45) is 0 Å². The molecule has 1 heterocycles. The molecule has 3 aromatic carbocycles. The second kappa shape index (κ2) is 12.2. The average molecular weight is 556 g/mol. The molecule has 0 aliphatic carbocycles. The molecule has 0 aliphatic heterocycles. The zero-order valence-electron chi connectivity index (χ0n) is 25.2. The van der Waals surface area contributed by atoms with Crippen molar-refractivity contribution in [3.05, 3.63) is 94.4 Å². The van der Waals surface area contributed by atoms with Crippen LogP contribution in [0.25, 0.3) is 10.8 Å². The molecule has 1 aromatic heterocycles. The van der Waals surface area contributed by atoms with E-state index in [1.165, 1.54) is 5.06 Å². The number of nitrogens with zero attached hydrogens (tertiary/aromatic N) is 2. The summed E-state index contributed by atoms with van der Waals surface area (Å²) < 4.78 is 6.47. The predicted molar refractivity (Wildman–Crippen MR) is 165 cm³/mol. The van der Waals surface area contributed by atoms with Crippen LogP contribution in [0.4, 0.5) is 5.69 Å². The maximum atomic E-state index is 14.3. The molecule has 1 unspecified atom stereocenters. The highest BCUT2D eigenvalue weighted by Crippen LogP contribution is 2.37. The lowest BCUT2D eigenvalue weighted by atomic mass is 9.82. The summed E-state index contributed by atoms with van der Waals surface area (Å²) >= 11 is 0. The number of anilines is 1. The second-order valence-electron chi connectivity index (χ2n) is 11.7. The van der Waals surface area contributed by atoms with Crippen LogP contribution >= 0.6 is 0 Å². The van der Waals surface area contributed by atoms with Crippen LogP contribution in [-0.4, -0.2) is 22.2 Å². The molecule has 0 saturated heterocycles. The summed E-state index contributed by atoms with van der Waals surface area (Å²) in [5, 5.41) is 8.71. The standard InChI is InChI=1S/C34H41N3O4/c1-8-28(40-29-17-13-11-15-26(29)33(4,5)9-2)32(39)37(24-20-19-23-22-35-36-31(38)25(23)21-24)41-30-18-14-12-16-27(30)34(6,7)10-3/h11-22,28H,8-10H2,1-7H3,(H,36,38). The summed E-state index contributed by atoms with van der Waals surface area (Å²) in [6, 6.07) is 20.8. The van der Waals surface area contributed by atoms with Gasteiger partial charge in [-0.15, -0.1) is 5.06 Å². The highest BCUT2D eigenvalue weighted by atomic mass is 16.7. The minimum absolute atomic E-state index is 0.133. The highest BCUT2D eigenvalue weighted by Gasteiger charge is 2.32. The van der Waals surface area contributed by atoms with Crippen LogP contribution in [0.15, 0.2) is 77.7 Å². The van der Waals surface area contributed by atoms with Crippen LogP contribution in [-0.2, 0) is 15.6 Å². The lowest BCUT2D eigenvalue weighted by Crippen LogP contribution is -2.44. The number of nitrogens with one attached hydrogen (secondary N) is 1. The summed E-state index contributed by atoms with van der Waals surface area (Å²) in [4.78, 5) is 33.4. The summed E-state index contributed by atoms with van der Waals surface area (Å²) in [6.07, 6.45) is 2.96. The van der Waals surface area contributed by atoms with Gasteiger partial charge in [-0.3, -0.25) is 9.59 Å². The Morgan fingerprint density at radius 2 is 1.46 bits per heavy atom. The number of ether oxygens (including phenoxy) is 1. The van der Waals surface area contributed by atoms with Gasteiger partial charge in [0.1, 0.15) is 5.75 Å². The molecule has 0 saturated carbocycles. The molecule has 0 spiro atoms. The molecule has 41 heavy (non-hydrogen) atoms. The van der Waals surface area contributed by atoms with Gasteiger partial charge in [-0.25, -0.2) is 5.10 Å². The number of carbonyl (C=O) groups is 1. The molecule has 7 heteroatoms. The maximum Gasteiger partial charge on any atom is 0.300 e. The van der Waals surface area contributed by atoms with E-state index in [0.717, 1.165) is 24.0 Å². The van der Waals surface area contributed by atoms with Gasteiger partial charge in [0.25, 0.3) is 5.56 Å². The largest absolute Gasteiger partial charge is 0.480 e. The van der Waals surface area contributed by atoms with Crippen LogP contribution in [0.5, 0.6) is 11.5 Å². The Kier molecular flexibility index (Phi) is 8.86. The van der Waals surface area contributed by atoms with Crippen molar-refractivity contribution >= 4 is 22.4 Å². The number of aromatic amines is 1. The van der Waals surface area contributed by atoms with Crippen molar-refractivity contribution in [3.8, 4) is 11.5 Å². The van der Waals surface area contributed by atoms with Gasteiger partial charge in [-0.2, -0.15) is 5.10 Å². The van der Waals surface area contributed by atoms with Crippen LogP contribution in [0.3, 0.4) is 0 Å². The quantitative estimate of drug-likeness (QED) is 0.194. The Morgan fingerprint density at radius 3 is 2.07 bits per heavy atom. The Labute approximate surface area is 242 Å². The fourth-order valence-corrected chi connectivity index (χ4v) is 4.73. The molecule has 1 amide bonds. The van der Waals surface area contributed by atoms with Crippen molar-refractivity contribution in [3.63, 3.8) is 0 Å². The summed E-state index contributed by atoms with van der Waals surface area (Å²) in [7, 11) is 0. The zero-order valence-corrected chi connectivity index (χ0v) is 25.2. The van der Waals surface area contributed by atoms with E-state index in [1.54, 1.807) is 24.4 Å². The van der Waals surface area contributed by atoms with E-state index >= 15 is 0 Å². The fourth-order valence-electron chi connectivity index (χ4n) is 4.73. The van der Waals surface area contributed by atoms with Crippen molar-refractivity contribution in [1.82, 2.24) is 10.2 Å². The SMILES string of the molecule is CCC(Oc1ccccc1C(C)(C)CC)C(=O)N(Oc1ccccc1C(C)(C)CC)c1ccc2cn[nH]c(=O)c2c1. The van der Waals surface area contributed by atoms with Crippen LogP contribution in [0.1, 0.15) is 78.9 Å². The molecule has 0 fully saturated rings. The third-order valence-corrected chi connectivity index (χ3v) is 8.19. The number of para-hydroxylation sites is 2. The first-order chi connectivity index (χ1) is 19.5. The zero-order chi connectivity index (χ0) is 29.8. The summed E-state index contributed by atoms with van der Waals surface area (Å²) in [5.74, 6) is 0.873. The molecular formula is C34H41N3O4. The molecule has 1 N–H and O–H groups in total. The van der Waals surface area contributed by atoms with E-state index in [2.05, 4.69) is 57.8 Å². The monoisotopic (exact) mass is 555 g/mol. The van der Waals surface area contributed by atoms with Crippen molar-refractivity contribution in [1.29, 1.82) is 0 Å². The van der Waals surface area contributed by atoms with Gasteiger partial charge in [0.05, 0.1) is 17.3 Å². The minimum Gasteiger partial charge on any atom is -0.480 e. The van der Waals surface area contributed by atoms with Gasteiger partial charge in [0.2, 0.25) is 0 Å². The van der Waals surface area contributed by atoms with Gasteiger partial charge >= 0.3 is 5.91 Å². The van der Waals surface area contributed by atoms with Crippen LogP contribution in [0.2, 0.25) is 0 Å². The number of amides is 1. The number of rotatable bonds is 11. The molecule has 4 aromatic rings. The first-order valence-corrected chi connectivity index (χ1v) is 14.4. The lowest BCUT2D eigenvalue weighted by molar-refractivity contribution is -0.129. The van der Waals surface area contributed by atoms with E-state index in [0.29, 0.717) is 34.4 Å². The molecule has 0 radical (unpaired) electrons. The van der Waals surface area contributed by atoms with E-state index in [4.69, 9.17) is 9.57 Å². The predicted octanol–water partition coefficient (Wildman–Crippen LogP) is 7.48. The van der Waals surface area contributed by atoms with Crippen molar-refractivity contribution < 1.29 is 14.4 Å². The number of aromatic nitrogens is 2. The Morgan fingerprint density at radius 1 is 0.878 bits per heavy atom. The number of hydrogen-bond donors (Lipinski definition) is 1. The van der Waals surface area contributed by atoms with Gasteiger partial charge in [-0.05, 0) is 59.9 Å². The Bertz CT molecular complexity index is 1570. The van der Waals surface area contributed by atoms with Gasteiger partial charge in [-0.1, -0.05) is 90.9 Å². The van der Waals surface area contributed by atoms with E-state index in [1.807, 2.05) is 49.4 Å². The normalized spacial score (nSPS) is 12.7. The van der Waals surface area contributed by atoms with Crippen LogP contribution < -0.4 is 20.2 Å². The summed E-state index contributed by atoms with van der Waals surface area (Å²) in [5.41, 5.74) is 1.78. The third kappa shape index (κ3) is 6.29. The average Bonchev–Trinajstić information content (AvgIpc) is 2.98. The maximum absolute atomic E-state index is 14.3. The van der Waals surface area contributed by atoms with Gasteiger partial charge in [0, 0.05) is 10.9 Å².